The predicted octanol–water partition coefficient (Wildman–Crippen LogP) is 2.88. The van der Waals surface area contributed by atoms with Crippen molar-refractivity contribution in [3.8, 4) is 0 Å². The average molecular weight is 339 g/mol. The van der Waals surface area contributed by atoms with E-state index in [2.05, 4.69) is 9.88 Å². The van der Waals surface area contributed by atoms with E-state index in [1.165, 1.54) is 0 Å². The maximum Gasteiger partial charge on any atom is 0.254 e. The van der Waals surface area contributed by atoms with Crippen molar-refractivity contribution >= 4 is 11.6 Å². The summed E-state index contributed by atoms with van der Waals surface area (Å²) in [7, 11) is 1.82. The molecule has 1 atom stereocenters. The fourth-order valence-electron chi connectivity index (χ4n) is 3.17. The number of hydrogen-bond donors (Lipinski definition) is 1. The lowest BCUT2D eigenvalue weighted by atomic mass is 10.1. The summed E-state index contributed by atoms with van der Waals surface area (Å²) in [5.41, 5.74) is 2.80. The van der Waals surface area contributed by atoms with Crippen LogP contribution in [0, 0.1) is 0 Å². The first-order valence-corrected chi connectivity index (χ1v) is 8.76. The summed E-state index contributed by atoms with van der Waals surface area (Å²) in [6.07, 6.45) is 4.94. The molecule has 1 fully saturated rings. The van der Waals surface area contributed by atoms with Crippen LogP contribution in [0.5, 0.6) is 0 Å². The van der Waals surface area contributed by atoms with Crippen LogP contribution >= 0.6 is 0 Å². The smallest absolute Gasteiger partial charge is 0.254 e. The number of piperidine rings is 1. The van der Waals surface area contributed by atoms with Gasteiger partial charge in [-0.2, -0.15) is 0 Å². The van der Waals surface area contributed by atoms with Crippen molar-refractivity contribution in [2.24, 2.45) is 0 Å². The summed E-state index contributed by atoms with van der Waals surface area (Å²) in [5, 5.41) is 9.62. The van der Waals surface area contributed by atoms with E-state index in [1.54, 1.807) is 17.3 Å². The van der Waals surface area contributed by atoms with Crippen molar-refractivity contribution in [1.82, 2.24) is 9.88 Å². The molecule has 0 aliphatic carbocycles. The molecule has 1 aromatic heterocycles. The van der Waals surface area contributed by atoms with Crippen LogP contribution < -0.4 is 4.90 Å². The van der Waals surface area contributed by atoms with E-state index in [0.29, 0.717) is 5.56 Å². The number of aliphatic hydroxyl groups is 1. The molecule has 1 aromatic carbocycles. The first kappa shape index (κ1) is 17.4. The fourth-order valence-corrected chi connectivity index (χ4v) is 3.17. The van der Waals surface area contributed by atoms with Crippen LogP contribution in [0.4, 0.5) is 5.69 Å². The highest BCUT2D eigenvalue weighted by Crippen LogP contribution is 2.23. The standard InChI is InChI=1S/C20H25N3O2/c1-15(17-4-3-11-21-14-17)22(2)20(25)16-5-7-18(8-6-16)23-12-9-19(24)10-13-23/h3-8,11,14-15,19,24H,9-10,12-13H2,1-2H3. The van der Waals surface area contributed by atoms with Gasteiger partial charge in [0, 0.05) is 43.8 Å². The molecular weight excluding hydrogens is 314 g/mol. The molecule has 2 aromatic rings. The Morgan fingerprint density at radius 2 is 1.92 bits per heavy atom. The Bertz CT molecular complexity index is 695. The molecule has 1 unspecified atom stereocenters. The largest absolute Gasteiger partial charge is 0.393 e. The third-order valence-corrected chi connectivity index (χ3v) is 5.01. The van der Waals surface area contributed by atoms with Gasteiger partial charge in [0.05, 0.1) is 12.1 Å². The summed E-state index contributed by atoms with van der Waals surface area (Å²) >= 11 is 0. The van der Waals surface area contributed by atoms with Crippen LogP contribution in [0.1, 0.15) is 41.7 Å². The Morgan fingerprint density at radius 1 is 1.24 bits per heavy atom. The molecule has 1 aliphatic rings. The molecule has 3 rings (SSSR count). The third-order valence-electron chi connectivity index (χ3n) is 5.01. The summed E-state index contributed by atoms with van der Waals surface area (Å²) < 4.78 is 0. The topological polar surface area (TPSA) is 56.7 Å². The molecular formula is C20H25N3O2. The zero-order valence-electron chi connectivity index (χ0n) is 14.8. The Balaban J connectivity index is 1.68. The van der Waals surface area contributed by atoms with Crippen molar-refractivity contribution < 1.29 is 9.90 Å². The molecule has 1 N–H and O–H groups in total. The molecule has 25 heavy (non-hydrogen) atoms. The molecule has 1 amide bonds. The normalized spacial score (nSPS) is 16.5. The van der Waals surface area contributed by atoms with E-state index in [4.69, 9.17) is 0 Å². The number of carbonyl (C=O) groups excluding carboxylic acids is 1. The maximum atomic E-state index is 12.7. The number of rotatable bonds is 4. The number of nitrogens with zero attached hydrogens (tertiary/aromatic N) is 3. The van der Waals surface area contributed by atoms with E-state index >= 15 is 0 Å². The minimum absolute atomic E-state index is 0.00281. The fraction of sp³-hybridized carbons (Fsp3) is 0.400. The van der Waals surface area contributed by atoms with Crippen LogP contribution in [0.3, 0.4) is 0 Å². The number of aliphatic hydroxyl groups excluding tert-OH is 1. The first-order valence-electron chi connectivity index (χ1n) is 8.76. The number of pyridine rings is 1. The maximum absolute atomic E-state index is 12.7. The Morgan fingerprint density at radius 3 is 2.52 bits per heavy atom. The summed E-state index contributed by atoms with van der Waals surface area (Å²) in [6.45, 7) is 3.71. The lowest BCUT2D eigenvalue weighted by Crippen LogP contribution is -2.35. The highest BCUT2D eigenvalue weighted by Gasteiger charge is 2.20. The molecule has 0 bridgehead atoms. The second kappa shape index (κ2) is 7.66. The zero-order valence-corrected chi connectivity index (χ0v) is 14.8. The second-order valence-corrected chi connectivity index (χ2v) is 6.64. The van der Waals surface area contributed by atoms with Gasteiger partial charge in [-0.1, -0.05) is 6.07 Å². The van der Waals surface area contributed by atoms with Gasteiger partial charge in [-0.25, -0.2) is 0 Å². The number of aromatic nitrogens is 1. The van der Waals surface area contributed by atoms with E-state index < -0.39 is 0 Å². The predicted molar refractivity (Wildman–Crippen MR) is 98.6 cm³/mol. The molecule has 132 valence electrons. The van der Waals surface area contributed by atoms with Crippen molar-refractivity contribution in [3.05, 3.63) is 59.9 Å². The minimum atomic E-state index is -0.181. The number of hydrogen-bond acceptors (Lipinski definition) is 4. The van der Waals surface area contributed by atoms with Gasteiger partial charge in [-0.15, -0.1) is 0 Å². The molecule has 0 radical (unpaired) electrons. The Labute approximate surface area is 148 Å². The van der Waals surface area contributed by atoms with Crippen LogP contribution in [0.25, 0.3) is 0 Å². The van der Waals surface area contributed by atoms with Crippen molar-refractivity contribution in [3.63, 3.8) is 0 Å². The number of amides is 1. The lowest BCUT2D eigenvalue weighted by Gasteiger charge is -2.31. The summed E-state index contributed by atoms with van der Waals surface area (Å²) in [6, 6.07) is 11.6. The van der Waals surface area contributed by atoms with E-state index in [-0.39, 0.29) is 18.1 Å². The van der Waals surface area contributed by atoms with Gasteiger partial charge in [0.1, 0.15) is 0 Å². The lowest BCUT2D eigenvalue weighted by molar-refractivity contribution is 0.0742. The number of benzene rings is 1. The summed E-state index contributed by atoms with van der Waals surface area (Å²) in [5.74, 6) is -0.00281. The average Bonchev–Trinajstić information content (AvgIpc) is 2.67. The van der Waals surface area contributed by atoms with Crippen LogP contribution in [0.15, 0.2) is 48.8 Å². The molecule has 2 heterocycles. The van der Waals surface area contributed by atoms with Gasteiger partial charge >= 0.3 is 0 Å². The van der Waals surface area contributed by atoms with Gasteiger partial charge < -0.3 is 14.9 Å². The van der Waals surface area contributed by atoms with E-state index in [0.717, 1.165) is 37.2 Å². The third kappa shape index (κ3) is 3.99. The van der Waals surface area contributed by atoms with Crippen molar-refractivity contribution in [2.45, 2.75) is 31.9 Å². The molecule has 5 nitrogen and oxygen atoms in total. The van der Waals surface area contributed by atoms with Gasteiger partial charge in [0.15, 0.2) is 0 Å². The molecule has 0 saturated carbocycles. The highest BCUT2D eigenvalue weighted by molar-refractivity contribution is 5.94. The van der Waals surface area contributed by atoms with Crippen molar-refractivity contribution in [2.75, 3.05) is 25.0 Å². The van der Waals surface area contributed by atoms with Gasteiger partial charge in [-0.3, -0.25) is 9.78 Å². The Hall–Kier alpha value is -2.40. The minimum Gasteiger partial charge on any atom is -0.393 e. The molecule has 5 heteroatoms. The van der Waals surface area contributed by atoms with E-state index in [1.807, 2.05) is 50.4 Å². The molecule has 0 spiro atoms. The Kier molecular flexibility index (Phi) is 5.34. The molecule has 1 saturated heterocycles. The second-order valence-electron chi connectivity index (χ2n) is 6.64. The van der Waals surface area contributed by atoms with Crippen molar-refractivity contribution in [1.29, 1.82) is 0 Å². The van der Waals surface area contributed by atoms with E-state index in [9.17, 15) is 9.90 Å². The molecule has 1 aliphatic heterocycles. The monoisotopic (exact) mass is 339 g/mol. The van der Waals surface area contributed by atoms with Crippen LogP contribution in [-0.4, -0.2) is 47.1 Å². The van der Waals surface area contributed by atoms with Gasteiger partial charge in [0.2, 0.25) is 0 Å². The van der Waals surface area contributed by atoms with Gasteiger partial charge in [-0.05, 0) is 55.7 Å². The highest BCUT2D eigenvalue weighted by atomic mass is 16.3. The van der Waals surface area contributed by atoms with Gasteiger partial charge in [0.25, 0.3) is 5.91 Å². The number of carbonyl (C=O) groups is 1. The zero-order chi connectivity index (χ0) is 17.8. The summed E-state index contributed by atoms with van der Waals surface area (Å²) in [4.78, 5) is 20.9. The number of anilines is 1. The first-order chi connectivity index (χ1) is 12.1. The SMILES string of the molecule is CC(c1cccnc1)N(C)C(=O)c1ccc(N2CCC(O)CC2)cc1. The quantitative estimate of drug-likeness (QED) is 0.931. The van der Waals surface area contributed by atoms with Crippen LogP contribution in [0.2, 0.25) is 0 Å². The van der Waals surface area contributed by atoms with Crippen LogP contribution in [-0.2, 0) is 0 Å².